The number of halogens is 1. The molecule has 0 amide bonds. The molecule has 0 unspecified atom stereocenters. The van der Waals surface area contributed by atoms with Gasteiger partial charge in [0.25, 0.3) is 0 Å². The Morgan fingerprint density at radius 3 is 2.55 bits per heavy atom. The quantitative estimate of drug-likeness (QED) is 0.542. The number of benzene rings is 2. The summed E-state index contributed by atoms with van der Waals surface area (Å²) < 4.78 is 2.74. The van der Waals surface area contributed by atoms with E-state index in [0.717, 1.165) is 32.5 Å². The van der Waals surface area contributed by atoms with Gasteiger partial charge in [-0.25, -0.2) is 9.67 Å². The van der Waals surface area contributed by atoms with Crippen LogP contribution in [0.4, 0.5) is 0 Å². The van der Waals surface area contributed by atoms with Crippen LogP contribution < -0.4 is 0 Å². The summed E-state index contributed by atoms with van der Waals surface area (Å²) >= 11 is 3.43. The van der Waals surface area contributed by atoms with Gasteiger partial charge >= 0.3 is 0 Å². The number of nitrogens with zero attached hydrogens (tertiary/aromatic N) is 4. The zero-order valence-corrected chi connectivity index (χ0v) is 13.1. The predicted octanol–water partition coefficient (Wildman–Crippen LogP) is 4.25. The molecule has 2 heterocycles. The summed E-state index contributed by atoms with van der Waals surface area (Å²) in [5.74, 6) is 0.759. The Balaban J connectivity index is 1.74. The molecular formula is C17H11BrN4. The third-order valence-corrected chi connectivity index (χ3v) is 3.98. The Morgan fingerprint density at radius 2 is 1.68 bits per heavy atom. The molecule has 22 heavy (non-hydrogen) atoms. The van der Waals surface area contributed by atoms with Crippen LogP contribution in [-0.2, 0) is 0 Å². The summed E-state index contributed by atoms with van der Waals surface area (Å²) in [5.41, 5.74) is 2.79. The van der Waals surface area contributed by atoms with Crippen LogP contribution >= 0.6 is 15.9 Å². The van der Waals surface area contributed by atoms with E-state index in [1.807, 2.05) is 66.9 Å². The van der Waals surface area contributed by atoms with Crippen LogP contribution in [0.15, 0.2) is 71.3 Å². The second-order valence-electron chi connectivity index (χ2n) is 4.92. The molecule has 0 radical (unpaired) electrons. The number of para-hydroxylation sites is 1. The highest BCUT2D eigenvalue weighted by atomic mass is 79.9. The Hall–Kier alpha value is -2.53. The molecule has 4 aromatic rings. The van der Waals surface area contributed by atoms with Crippen LogP contribution in [0.2, 0.25) is 0 Å². The van der Waals surface area contributed by atoms with E-state index < -0.39 is 0 Å². The molecule has 2 aromatic heterocycles. The highest BCUT2D eigenvalue weighted by Crippen LogP contribution is 2.20. The van der Waals surface area contributed by atoms with Crippen LogP contribution in [0.3, 0.4) is 0 Å². The van der Waals surface area contributed by atoms with E-state index in [1.54, 1.807) is 4.68 Å². The highest BCUT2D eigenvalue weighted by molar-refractivity contribution is 9.10. The maximum Gasteiger partial charge on any atom is 0.155 e. The largest absolute Gasteiger partial charge is 0.229 e. The molecule has 0 atom stereocenters. The van der Waals surface area contributed by atoms with Crippen molar-refractivity contribution < 1.29 is 0 Å². The number of pyridine rings is 1. The molecular weight excluding hydrogens is 340 g/mol. The van der Waals surface area contributed by atoms with Gasteiger partial charge < -0.3 is 0 Å². The molecule has 0 aliphatic heterocycles. The van der Waals surface area contributed by atoms with Crippen molar-refractivity contribution in [1.29, 1.82) is 0 Å². The first kappa shape index (κ1) is 13.2. The minimum atomic E-state index is 0.759. The van der Waals surface area contributed by atoms with Crippen molar-refractivity contribution in [3.8, 4) is 17.1 Å². The Bertz CT molecular complexity index is 944. The monoisotopic (exact) mass is 350 g/mol. The molecule has 0 N–H and O–H groups in total. The molecule has 0 saturated carbocycles. The van der Waals surface area contributed by atoms with Crippen molar-refractivity contribution in [2.45, 2.75) is 0 Å². The minimum Gasteiger partial charge on any atom is -0.229 e. The Kier molecular flexibility index (Phi) is 3.20. The lowest BCUT2D eigenvalue weighted by molar-refractivity contribution is 0.785. The van der Waals surface area contributed by atoms with Crippen molar-refractivity contribution in [3.63, 3.8) is 0 Å². The van der Waals surface area contributed by atoms with Crippen LogP contribution in [0, 0.1) is 0 Å². The summed E-state index contributed by atoms with van der Waals surface area (Å²) in [6, 6.07) is 20.0. The number of hydrogen-bond donors (Lipinski definition) is 0. The summed E-state index contributed by atoms with van der Waals surface area (Å²) in [7, 11) is 0. The lowest BCUT2D eigenvalue weighted by atomic mass is 10.2. The van der Waals surface area contributed by atoms with Crippen molar-refractivity contribution in [2.24, 2.45) is 0 Å². The molecule has 5 heteroatoms. The maximum atomic E-state index is 4.62. The third kappa shape index (κ3) is 2.40. The lowest BCUT2D eigenvalue weighted by Crippen LogP contribution is -1.98. The average molecular weight is 351 g/mol. The molecule has 4 nitrogen and oxygen atoms in total. The third-order valence-electron chi connectivity index (χ3n) is 3.45. The fraction of sp³-hybridized carbons (Fsp3) is 0. The first-order valence-corrected chi connectivity index (χ1v) is 7.63. The SMILES string of the molecule is Brc1ccc(-c2cn(-c3ccc4ccccc4n3)nn2)cc1. The first-order chi connectivity index (χ1) is 10.8. The van der Waals surface area contributed by atoms with Crippen LogP contribution in [0.25, 0.3) is 28.0 Å². The van der Waals surface area contributed by atoms with E-state index in [2.05, 4.69) is 31.2 Å². The van der Waals surface area contributed by atoms with Gasteiger partial charge in [0.15, 0.2) is 5.82 Å². The van der Waals surface area contributed by atoms with Gasteiger partial charge in [0.2, 0.25) is 0 Å². The summed E-state index contributed by atoms with van der Waals surface area (Å²) in [5, 5.41) is 9.53. The Labute approximate surface area is 135 Å². The number of fused-ring (bicyclic) bond motifs is 1. The van der Waals surface area contributed by atoms with Crippen molar-refractivity contribution >= 4 is 26.8 Å². The normalized spacial score (nSPS) is 11.0. The second-order valence-corrected chi connectivity index (χ2v) is 5.83. The van der Waals surface area contributed by atoms with Crippen LogP contribution in [0.1, 0.15) is 0 Å². The second kappa shape index (κ2) is 5.35. The molecule has 0 saturated heterocycles. The van der Waals surface area contributed by atoms with Crippen molar-refractivity contribution in [3.05, 3.63) is 71.3 Å². The fourth-order valence-electron chi connectivity index (χ4n) is 2.31. The molecule has 0 aliphatic rings. The molecule has 0 bridgehead atoms. The van der Waals surface area contributed by atoms with E-state index in [0.29, 0.717) is 0 Å². The van der Waals surface area contributed by atoms with Gasteiger partial charge in [-0.15, -0.1) is 5.10 Å². The topological polar surface area (TPSA) is 43.6 Å². The fourth-order valence-corrected chi connectivity index (χ4v) is 2.58. The van der Waals surface area contributed by atoms with Gasteiger partial charge in [-0.3, -0.25) is 0 Å². The lowest BCUT2D eigenvalue weighted by Gasteiger charge is -2.01. The van der Waals surface area contributed by atoms with Gasteiger partial charge in [-0.1, -0.05) is 51.5 Å². The summed E-state index contributed by atoms with van der Waals surface area (Å²) in [4.78, 5) is 4.62. The average Bonchev–Trinajstić information content (AvgIpc) is 3.05. The van der Waals surface area contributed by atoms with Crippen molar-refractivity contribution in [1.82, 2.24) is 20.0 Å². The molecule has 0 fully saturated rings. The summed E-state index contributed by atoms with van der Waals surface area (Å²) in [6.45, 7) is 0. The van der Waals surface area contributed by atoms with Gasteiger partial charge in [0.05, 0.1) is 11.7 Å². The van der Waals surface area contributed by atoms with Gasteiger partial charge in [0, 0.05) is 15.4 Å². The van der Waals surface area contributed by atoms with E-state index in [1.165, 1.54) is 0 Å². The summed E-state index contributed by atoms with van der Waals surface area (Å²) in [6.07, 6.45) is 1.89. The number of hydrogen-bond acceptors (Lipinski definition) is 3. The van der Waals surface area contributed by atoms with Gasteiger partial charge in [-0.2, -0.15) is 0 Å². The molecule has 106 valence electrons. The molecule has 4 rings (SSSR count). The van der Waals surface area contributed by atoms with E-state index in [4.69, 9.17) is 0 Å². The standard InChI is InChI=1S/C17H11BrN4/c18-14-8-5-13(6-9-14)16-11-22(21-20-16)17-10-7-12-3-1-2-4-15(12)19-17/h1-11H. The number of rotatable bonds is 2. The molecule has 0 aliphatic carbocycles. The molecule has 2 aromatic carbocycles. The zero-order chi connectivity index (χ0) is 14.9. The van der Waals surface area contributed by atoms with E-state index >= 15 is 0 Å². The highest BCUT2D eigenvalue weighted by Gasteiger charge is 2.06. The van der Waals surface area contributed by atoms with Crippen LogP contribution in [0.5, 0.6) is 0 Å². The number of aromatic nitrogens is 4. The zero-order valence-electron chi connectivity index (χ0n) is 11.5. The first-order valence-electron chi connectivity index (χ1n) is 6.84. The minimum absolute atomic E-state index is 0.759. The van der Waals surface area contributed by atoms with Gasteiger partial charge in [0.1, 0.15) is 5.69 Å². The van der Waals surface area contributed by atoms with Crippen LogP contribution in [-0.4, -0.2) is 20.0 Å². The Morgan fingerprint density at radius 1 is 0.864 bits per heavy atom. The van der Waals surface area contributed by atoms with Gasteiger partial charge in [-0.05, 0) is 30.3 Å². The van der Waals surface area contributed by atoms with Crippen molar-refractivity contribution in [2.75, 3.05) is 0 Å². The van der Waals surface area contributed by atoms with E-state index in [9.17, 15) is 0 Å². The maximum absolute atomic E-state index is 4.62. The van der Waals surface area contributed by atoms with E-state index in [-0.39, 0.29) is 0 Å². The smallest absolute Gasteiger partial charge is 0.155 e. The predicted molar refractivity (Wildman–Crippen MR) is 89.8 cm³/mol. The molecule has 0 spiro atoms.